The van der Waals surface area contributed by atoms with Gasteiger partial charge in [0.05, 0.1) is 53.3 Å². The topological polar surface area (TPSA) is 207 Å². The third-order valence-corrected chi connectivity index (χ3v) is 10.3. The molecule has 0 spiro atoms. The van der Waals surface area contributed by atoms with Crippen molar-refractivity contribution >= 4 is 67.8 Å². The molecule has 0 fully saturated rings. The Kier molecular flexibility index (Phi) is 10.1. The molecule has 6 aromatic rings. The Bertz CT molecular complexity index is 3120. The first-order chi connectivity index (χ1) is 29.0. The van der Waals surface area contributed by atoms with Crippen LogP contribution >= 0.6 is 0 Å². The summed E-state index contributed by atoms with van der Waals surface area (Å²) < 4.78 is 16.4. The molecule has 4 aromatic carbocycles. The van der Waals surface area contributed by atoms with E-state index in [1.807, 2.05) is 12.1 Å². The van der Waals surface area contributed by atoms with Crippen molar-refractivity contribution in [1.29, 1.82) is 0 Å². The number of carboxylic acid groups (broad SMARTS) is 1. The second-order valence-corrected chi connectivity index (χ2v) is 13.8. The number of nitrogens with one attached hydrogen (secondary N) is 2. The number of fused-ring (bicyclic) bond motifs is 4. The van der Waals surface area contributed by atoms with Gasteiger partial charge in [-0.25, -0.2) is 24.4 Å². The maximum atomic E-state index is 13.9. The van der Waals surface area contributed by atoms with Crippen LogP contribution in [0.2, 0.25) is 0 Å². The monoisotopic (exact) mass is 802 g/mol. The lowest BCUT2D eigenvalue weighted by molar-refractivity contribution is 0.0586. The molecule has 0 amide bonds. The zero-order chi connectivity index (χ0) is 42.2. The van der Waals surface area contributed by atoms with E-state index in [0.717, 1.165) is 10.8 Å². The molecule has 2 aromatic heterocycles. The summed E-state index contributed by atoms with van der Waals surface area (Å²) in [6.45, 7) is 1.22. The number of pyridine rings is 2. The van der Waals surface area contributed by atoms with E-state index in [2.05, 4.69) is 20.6 Å². The molecule has 1 aliphatic carbocycles. The van der Waals surface area contributed by atoms with Gasteiger partial charge in [0.1, 0.15) is 28.5 Å². The Balaban J connectivity index is 1.33. The minimum atomic E-state index is -1.21. The quantitative estimate of drug-likeness (QED) is 0.0554. The standard InChI is InChI=1S/C46H34N4O10/c1-23(51)27-13-10-26(44(54)55)20-30(27)39-28-14-18-37(52)31(21-47-33-8-4-6-24-11-16-35(45(56)58-2)49-40(24)33)42(28)60-43-29(39)15-19-38(53)32(43)22-48-34-9-5-7-25-12-17-36(46(57)59-3)50-41(25)34/h4-20,47-48,52H,21-22H2,1-3H3,(H,54,55). The second-order valence-electron chi connectivity index (χ2n) is 13.8. The van der Waals surface area contributed by atoms with Crippen LogP contribution in [0.15, 0.2) is 112 Å². The van der Waals surface area contributed by atoms with Crippen LogP contribution in [0.3, 0.4) is 0 Å². The van der Waals surface area contributed by atoms with Crippen LogP contribution in [0, 0.1) is 0 Å². The lowest BCUT2D eigenvalue weighted by atomic mass is 9.87. The molecule has 4 N–H and O–H groups in total. The van der Waals surface area contributed by atoms with Crippen LogP contribution in [-0.2, 0) is 22.6 Å². The number of para-hydroxylation sites is 2. The molecule has 60 heavy (non-hydrogen) atoms. The molecular formula is C46H34N4O10. The molecule has 3 heterocycles. The molecule has 1 aliphatic heterocycles. The molecule has 0 radical (unpaired) electrons. The number of rotatable bonds is 11. The molecule has 0 atom stereocenters. The number of esters is 2. The summed E-state index contributed by atoms with van der Waals surface area (Å²) in [7, 11) is 2.53. The predicted octanol–water partition coefficient (Wildman–Crippen LogP) is 8.07. The maximum Gasteiger partial charge on any atom is 0.356 e. The SMILES string of the molecule is COC(=O)c1ccc2cccc(NCc3c4oc5c(CNc6cccc7ccc(C(=O)OC)nc67)c(O)ccc5c(-c5cc(C(=O)O)ccc5C(C)=O)c-4ccc3=O)c2n1. The van der Waals surface area contributed by atoms with Gasteiger partial charge < -0.3 is 34.7 Å². The largest absolute Gasteiger partial charge is 0.507 e. The normalized spacial score (nSPS) is 11.2. The first-order valence-corrected chi connectivity index (χ1v) is 18.5. The van der Waals surface area contributed by atoms with Crippen LogP contribution < -0.4 is 16.1 Å². The van der Waals surface area contributed by atoms with Crippen molar-refractivity contribution < 1.29 is 43.3 Å². The first kappa shape index (κ1) is 38.7. The number of nitrogens with zero attached hydrogens (tertiary/aromatic N) is 2. The number of aromatic nitrogens is 2. The van der Waals surface area contributed by atoms with E-state index < -0.39 is 23.3 Å². The van der Waals surface area contributed by atoms with Gasteiger partial charge in [-0.05, 0) is 79.2 Å². The molecule has 298 valence electrons. The molecular weight excluding hydrogens is 769 g/mol. The van der Waals surface area contributed by atoms with Crippen molar-refractivity contribution in [3.63, 3.8) is 0 Å². The molecule has 0 saturated carbocycles. The van der Waals surface area contributed by atoms with Gasteiger partial charge in [-0.3, -0.25) is 9.59 Å². The Morgan fingerprint density at radius 1 is 0.700 bits per heavy atom. The van der Waals surface area contributed by atoms with E-state index in [-0.39, 0.29) is 75.2 Å². The number of hydrogen-bond donors (Lipinski definition) is 4. The number of methoxy groups -OCH3 is 2. The Labute approximate surface area is 340 Å². The smallest absolute Gasteiger partial charge is 0.356 e. The Morgan fingerprint density at radius 2 is 1.30 bits per heavy atom. The van der Waals surface area contributed by atoms with Crippen molar-refractivity contribution in [2.45, 2.75) is 20.0 Å². The van der Waals surface area contributed by atoms with Crippen molar-refractivity contribution in [3.8, 4) is 28.2 Å². The maximum absolute atomic E-state index is 13.9. The number of hydrogen-bond acceptors (Lipinski definition) is 13. The number of ether oxygens (including phenoxy) is 2. The summed E-state index contributed by atoms with van der Waals surface area (Å²) in [5.74, 6) is -2.84. The van der Waals surface area contributed by atoms with E-state index in [0.29, 0.717) is 38.9 Å². The van der Waals surface area contributed by atoms with Gasteiger partial charge in [-0.1, -0.05) is 36.4 Å². The number of aromatic hydroxyl groups is 1. The Morgan fingerprint density at radius 3 is 1.87 bits per heavy atom. The lowest BCUT2D eigenvalue weighted by Crippen LogP contribution is -2.15. The van der Waals surface area contributed by atoms with Gasteiger partial charge in [0.15, 0.2) is 11.2 Å². The lowest BCUT2D eigenvalue weighted by Gasteiger charge is -2.21. The molecule has 8 rings (SSSR count). The molecule has 14 nitrogen and oxygen atoms in total. The van der Waals surface area contributed by atoms with Crippen LogP contribution in [-0.4, -0.2) is 58.1 Å². The molecule has 0 saturated heterocycles. The molecule has 14 heteroatoms. The van der Waals surface area contributed by atoms with Crippen molar-refractivity contribution in [2.24, 2.45) is 0 Å². The van der Waals surface area contributed by atoms with E-state index >= 15 is 0 Å². The number of Topliss-reactive ketones (excluding diaryl/α,β-unsaturated/α-hetero) is 1. The van der Waals surface area contributed by atoms with E-state index in [9.17, 15) is 34.2 Å². The zero-order valence-corrected chi connectivity index (χ0v) is 32.3. The fourth-order valence-corrected chi connectivity index (χ4v) is 7.30. The highest BCUT2D eigenvalue weighted by Gasteiger charge is 2.27. The fraction of sp³-hybridized carbons (Fsp3) is 0.109. The molecule has 0 bridgehead atoms. The van der Waals surface area contributed by atoms with E-state index in [4.69, 9.17) is 13.9 Å². The number of phenols is 1. The van der Waals surface area contributed by atoms with Gasteiger partial charge >= 0.3 is 17.9 Å². The van der Waals surface area contributed by atoms with Gasteiger partial charge in [0.2, 0.25) is 0 Å². The Hall–Kier alpha value is -8.13. The number of ketones is 1. The van der Waals surface area contributed by atoms with Crippen molar-refractivity contribution in [2.75, 3.05) is 24.9 Å². The predicted molar refractivity (Wildman–Crippen MR) is 224 cm³/mol. The summed E-state index contributed by atoms with van der Waals surface area (Å²) in [5.41, 5.74) is 3.52. The summed E-state index contributed by atoms with van der Waals surface area (Å²) in [6.07, 6.45) is 0. The number of phenolic OH excluding ortho intramolecular Hbond substituents is 1. The molecule has 2 aliphatic rings. The minimum absolute atomic E-state index is 0.0511. The summed E-state index contributed by atoms with van der Waals surface area (Å²) in [4.78, 5) is 73.1. The summed E-state index contributed by atoms with van der Waals surface area (Å²) in [6, 6.07) is 27.6. The number of anilines is 2. The summed E-state index contributed by atoms with van der Waals surface area (Å²) >= 11 is 0. The number of benzene rings is 5. The number of aromatic carboxylic acids is 1. The van der Waals surface area contributed by atoms with Gasteiger partial charge in [0, 0.05) is 45.9 Å². The third kappa shape index (κ3) is 6.95. The first-order valence-electron chi connectivity index (χ1n) is 18.5. The van der Waals surface area contributed by atoms with Gasteiger partial charge in [-0.15, -0.1) is 0 Å². The summed E-state index contributed by atoms with van der Waals surface area (Å²) in [5, 5.41) is 30.0. The van der Waals surface area contributed by atoms with E-state index in [1.54, 1.807) is 60.7 Å². The zero-order valence-electron chi connectivity index (χ0n) is 32.3. The van der Waals surface area contributed by atoms with E-state index in [1.165, 1.54) is 51.5 Å². The number of carboxylic acids is 1. The van der Waals surface area contributed by atoms with Crippen molar-refractivity contribution in [1.82, 2.24) is 9.97 Å². The number of carbonyl (C=O) groups is 4. The number of carbonyl (C=O) groups excluding carboxylic acids is 3. The minimum Gasteiger partial charge on any atom is -0.507 e. The fourth-order valence-electron chi connectivity index (χ4n) is 7.30. The second kappa shape index (κ2) is 15.7. The third-order valence-electron chi connectivity index (χ3n) is 10.3. The highest BCUT2D eigenvalue weighted by molar-refractivity contribution is 6.11. The average molecular weight is 803 g/mol. The van der Waals surface area contributed by atoms with Gasteiger partial charge in [0.25, 0.3) is 0 Å². The van der Waals surface area contributed by atoms with Crippen LogP contribution in [0.4, 0.5) is 11.4 Å². The van der Waals surface area contributed by atoms with Crippen LogP contribution in [0.1, 0.15) is 59.7 Å². The van der Waals surface area contributed by atoms with Crippen molar-refractivity contribution in [3.05, 3.63) is 147 Å². The van der Waals surface area contributed by atoms with Gasteiger partial charge in [-0.2, -0.15) is 0 Å². The molecule has 0 unspecified atom stereocenters. The average Bonchev–Trinajstić information content (AvgIpc) is 3.26. The van der Waals surface area contributed by atoms with Crippen LogP contribution in [0.25, 0.3) is 55.2 Å². The highest BCUT2D eigenvalue weighted by Crippen LogP contribution is 2.45. The van der Waals surface area contributed by atoms with Crippen LogP contribution in [0.5, 0.6) is 5.75 Å². The highest BCUT2D eigenvalue weighted by atomic mass is 16.5.